The predicted octanol–water partition coefficient (Wildman–Crippen LogP) is 4.73. The number of Topliss-reactive ketones (excluding diaryl/α,β-unsaturated/α-hetero) is 1. The van der Waals surface area contributed by atoms with Gasteiger partial charge in [0.15, 0.2) is 0 Å². The molecular weight excluding hydrogens is 272 g/mol. The van der Waals surface area contributed by atoms with Crippen molar-refractivity contribution in [3.63, 3.8) is 0 Å². The molecule has 0 radical (unpaired) electrons. The van der Waals surface area contributed by atoms with Crippen LogP contribution in [0.25, 0.3) is 0 Å². The van der Waals surface area contributed by atoms with Crippen LogP contribution in [0.2, 0.25) is 0 Å². The van der Waals surface area contributed by atoms with Crippen LogP contribution in [0, 0.1) is 0 Å². The zero-order valence-electron chi connectivity index (χ0n) is 13.5. The lowest BCUT2D eigenvalue weighted by Crippen LogP contribution is -2.40. The van der Waals surface area contributed by atoms with Gasteiger partial charge in [0.1, 0.15) is 11.5 Å². The molecule has 1 aromatic rings. The first-order valence-corrected chi connectivity index (χ1v) is 7.81. The summed E-state index contributed by atoms with van der Waals surface area (Å²) in [7, 11) is 1.60. The molecule has 1 fully saturated rings. The highest BCUT2D eigenvalue weighted by Gasteiger charge is 2.43. The first kappa shape index (κ1) is 16.3. The van der Waals surface area contributed by atoms with Crippen LogP contribution in [0.15, 0.2) is 66.5 Å². The molecule has 1 aliphatic carbocycles. The van der Waals surface area contributed by atoms with Crippen LogP contribution in [0.1, 0.15) is 38.2 Å². The van der Waals surface area contributed by atoms with E-state index in [0.29, 0.717) is 18.0 Å². The number of allylic oxidation sites excluding steroid dienone is 4. The molecule has 0 aliphatic heterocycles. The van der Waals surface area contributed by atoms with E-state index >= 15 is 0 Å². The Balaban J connectivity index is 2.51. The number of ketones is 1. The van der Waals surface area contributed by atoms with Gasteiger partial charge >= 0.3 is 0 Å². The number of carbonyl (C=O) groups excluding carboxylic acids is 1. The molecule has 0 heterocycles. The molecule has 22 heavy (non-hydrogen) atoms. The van der Waals surface area contributed by atoms with Gasteiger partial charge in [-0.15, -0.1) is 0 Å². The van der Waals surface area contributed by atoms with E-state index in [1.54, 1.807) is 7.11 Å². The van der Waals surface area contributed by atoms with Gasteiger partial charge in [0.25, 0.3) is 0 Å². The van der Waals surface area contributed by atoms with Crippen molar-refractivity contribution in [2.24, 2.45) is 0 Å². The Morgan fingerprint density at radius 2 is 1.95 bits per heavy atom. The van der Waals surface area contributed by atoms with E-state index in [2.05, 4.69) is 18.7 Å². The van der Waals surface area contributed by atoms with E-state index in [4.69, 9.17) is 4.74 Å². The highest BCUT2D eigenvalue weighted by atomic mass is 16.5. The van der Waals surface area contributed by atoms with E-state index in [9.17, 15) is 4.79 Å². The Kier molecular flexibility index (Phi) is 5.37. The topological polar surface area (TPSA) is 26.3 Å². The Morgan fingerprint density at radius 3 is 2.55 bits per heavy atom. The summed E-state index contributed by atoms with van der Waals surface area (Å²) in [5.41, 5.74) is 1.58. The highest BCUT2D eigenvalue weighted by Crippen LogP contribution is 2.43. The minimum absolute atomic E-state index is 0.311. The average molecular weight is 296 g/mol. The molecule has 0 aromatic heterocycles. The maximum Gasteiger partial charge on any atom is 0.147 e. The molecular formula is C20H24O2. The molecule has 0 amide bonds. The molecule has 0 N–H and O–H groups in total. The molecule has 0 spiro atoms. The lowest BCUT2D eigenvalue weighted by molar-refractivity contribution is -0.125. The molecule has 0 saturated heterocycles. The second-order valence-electron chi connectivity index (χ2n) is 5.65. The van der Waals surface area contributed by atoms with Crippen molar-refractivity contribution in [3.05, 3.63) is 72.0 Å². The van der Waals surface area contributed by atoms with Crippen LogP contribution in [0.4, 0.5) is 0 Å². The number of carbonyl (C=O) groups is 1. The van der Waals surface area contributed by atoms with E-state index in [0.717, 1.165) is 30.4 Å². The smallest absolute Gasteiger partial charge is 0.147 e. The molecule has 1 saturated carbocycles. The fourth-order valence-electron chi connectivity index (χ4n) is 3.26. The zero-order valence-corrected chi connectivity index (χ0v) is 13.5. The van der Waals surface area contributed by atoms with Crippen molar-refractivity contribution in [2.75, 3.05) is 7.11 Å². The van der Waals surface area contributed by atoms with Gasteiger partial charge in [-0.05, 0) is 37.0 Å². The van der Waals surface area contributed by atoms with Crippen molar-refractivity contribution in [3.8, 4) is 0 Å². The quantitative estimate of drug-likeness (QED) is 0.580. The van der Waals surface area contributed by atoms with Crippen LogP contribution in [-0.2, 0) is 14.9 Å². The fraction of sp³-hybridized carbons (Fsp3) is 0.350. The minimum atomic E-state index is -0.529. The Labute approximate surface area is 133 Å². The van der Waals surface area contributed by atoms with Gasteiger partial charge in [0, 0.05) is 6.42 Å². The molecule has 0 bridgehead atoms. The monoisotopic (exact) mass is 296 g/mol. The summed E-state index contributed by atoms with van der Waals surface area (Å²) in [5, 5.41) is 0. The van der Waals surface area contributed by atoms with Crippen molar-refractivity contribution in [1.82, 2.24) is 0 Å². The molecule has 2 heteroatoms. The Hall–Kier alpha value is -2.09. The zero-order chi connectivity index (χ0) is 16.0. The van der Waals surface area contributed by atoms with Gasteiger partial charge in [-0.1, -0.05) is 55.5 Å². The van der Waals surface area contributed by atoms with Crippen molar-refractivity contribution >= 4 is 5.78 Å². The Bertz CT molecular complexity index is 595. The van der Waals surface area contributed by atoms with E-state index in [1.165, 1.54) is 0 Å². The van der Waals surface area contributed by atoms with Gasteiger partial charge in [-0.2, -0.15) is 0 Å². The van der Waals surface area contributed by atoms with Crippen LogP contribution < -0.4 is 0 Å². The number of methoxy groups -OCH3 is 1. The molecule has 1 unspecified atom stereocenters. The van der Waals surface area contributed by atoms with Crippen LogP contribution >= 0.6 is 0 Å². The molecule has 1 aliphatic rings. The Morgan fingerprint density at radius 1 is 1.23 bits per heavy atom. The third kappa shape index (κ3) is 3.06. The van der Waals surface area contributed by atoms with Crippen molar-refractivity contribution in [2.45, 2.75) is 38.0 Å². The largest absolute Gasteiger partial charge is 0.497 e. The number of benzene rings is 1. The maximum atomic E-state index is 12.9. The van der Waals surface area contributed by atoms with E-state index in [-0.39, 0.29) is 0 Å². The number of rotatable bonds is 5. The average Bonchev–Trinajstić information content (AvgIpc) is 2.57. The third-order valence-corrected chi connectivity index (χ3v) is 4.46. The molecule has 2 rings (SSSR count). The lowest BCUT2D eigenvalue weighted by Gasteiger charge is -2.37. The van der Waals surface area contributed by atoms with Crippen molar-refractivity contribution < 1.29 is 9.53 Å². The SMILES string of the molecule is C=C(/C=C\C(=C/C)C1(c2ccccc2)CCCCC1=O)OC. The summed E-state index contributed by atoms with van der Waals surface area (Å²) in [4.78, 5) is 12.9. The number of hydrogen-bond donors (Lipinski definition) is 0. The lowest BCUT2D eigenvalue weighted by atomic mass is 9.64. The number of ether oxygens (including phenoxy) is 1. The second kappa shape index (κ2) is 7.26. The van der Waals surface area contributed by atoms with Gasteiger partial charge in [-0.3, -0.25) is 4.79 Å². The minimum Gasteiger partial charge on any atom is -0.497 e. The van der Waals surface area contributed by atoms with Gasteiger partial charge < -0.3 is 4.74 Å². The normalized spacial score (nSPS) is 22.8. The standard InChI is InChI=1S/C20H24O2/c1-4-17(14-13-16(2)22-3)20(15-9-8-12-19(20)21)18-10-6-5-7-11-18/h4-7,10-11,13-14H,2,8-9,12,15H2,1,3H3/b14-13-,17-4+. The van der Waals surface area contributed by atoms with Crippen LogP contribution in [0.3, 0.4) is 0 Å². The van der Waals surface area contributed by atoms with Crippen LogP contribution in [-0.4, -0.2) is 12.9 Å². The van der Waals surface area contributed by atoms with E-state index in [1.807, 2.05) is 43.4 Å². The van der Waals surface area contributed by atoms with Gasteiger partial charge in [0.05, 0.1) is 12.5 Å². The summed E-state index contributed by atoms with van der Waals surface area (Å²) >= 11 is 0. The second-order valence-corrected chi connectivity index (χ2v) is 5.65. The van der Waals surface area contributed by atoms with Crippen molar-refractivity contribution in [1.29, 1.82) is 0 Å². The summed E-state index contributed by atoms with van der Waals surface area (Å²) in [5.74, 6) is 0.900. The van der Waals surface area contributed by atoms with Crippen LogP contribution in [0.5, 0.6) is 0 Å². The van der Waals surface area contributed by atoms with Gasteiger partial charge in [-0.25, -0.2) is 0 Å². The highest BCUT2D eigenvalue weighted by molar-refractivity contribution is 5.95. The number of hydrogen-bond acceptors (Lipinski definition) is 2. The summed E-state index contributed by atoms with van der Waals surface area (Å²) in [6, 6.07) is 10.1. The first-order valence-electron chi connectivity index (χ1n) is 7.81. The molecule has 2 nitrogen and oxygen atoms in total. The molecule has 116 valence electrons. The fourth-order valence-corrected chi connectivity index (χ4v) is 3.26. The summed E-state index contributed by atoms with van der Waals surface area (Å²) < 4.78 is 5.10. The van der Waals surface area contributed by atoms with E-state index < -0.39 is 5.41 Å². The summed E-state index contributed by atoms with van der Waals surface area (Å²) in [6.45, 7) is 5.81. The first-order chi connectivity index (χ1) is 10.6. The third-order valence-electron chi connectivity index (χ3n) is 4.46. The maximum absolute atomic E-state index is 12.9. The summed E-state index contributed by atoms with van der Waals surface area (Å²) in [6.07, 6.45) is 9.40. The molecule has 1 aromatic carbocycles. The molecule has 1 atom stereocenters. The van der Waals surface area contributed by atoms with Gasteiger partial charge in [0.2, 0.25) is 0 Å². The predicted molar refractivity (Wildman–Crippen MR) is 90.6 cm³/mol.